The van der Waals surface area contributed by atoms with Crippen molar-refractivity contribution in [2.24, 2.45) is 0 Å². The van der Waals surface area contributed by atoms with E-state index in [0.29, 0.717) is 5.69 Å². The molecule has 0 bridgehead atoms. The third-order valence-corrected chi connectivity index (χ3v) is 8.08. The number of aryl methyl sites for hydroxylation is 1. The number of amides is 1. The van der Waals surface area contributed by atoms with Crippen molar-refractivity contribution in [3.63, 3.8) is 0 Å². The molecule has 166 valence electrons. The molecule has 0 radical (unpaired) electrons. The van der Waals surface area contributed by atoms with E-state index in [2.05, 4.69) is 34.4 Å². The van der Waals surface area contributed by atoms with E-state index in [1.165, 1.54) is 15.1 Å². The number of anilines is 1. The minimum atomic E-state index is -0.118. The van der Waals surface area contributed by atoms with E-state index in [-0.39, 0.29) is 11.9 Å². The summed E-state index contributed by atoms with van der Waals surface area (Å²) in [6.45, 7) is 11.2. The monoisotopic (exact) mass is 465 g/mol. The maximum atomic E-state index is 13.3. The number of carbonyl (C=O) groups is 1. The number of aromatic nitrogens is 3. The van der Waals surface area contributed by atoms with Gasteiger partial charge in [-0.05, 0) is 57.5 Å². The molecule has 1 aliphatic rings. The molecule has 3 aromatic heterocycles. The Kier molecular flexibility index (Phi) is 5.61. The fraction of sp³-hybridized carbons (Fsp3) is 0.375. The summed E-state index contributed by atoms with van der Waals surface area (Å²) in [7, 11) is 0. The third-order valence-electron chi connectivity index (χ3n) is 5.90. The van der Waals surface area contributed by atoms with Gasteiger partial charge in [0.05, 0.1) is 15.9 Å². The summed E-state index contributed by atoms with van der Waals surface area (Å²) in [5.41, 5.74) is 4.88. The molecule has 6 nitrogen and oxygen atoms in total. The maximum Gasteiger partial charge on any atom is 0.274 e. The highest BCUT2D eigenvalue weighted by Gasteiger charge is 2.28. The van der Waals surface area contributed by atoms with Crippen LogP contribution in [0.15, 0.2) is 30.3 Å². The first-order valence-corrected chi connectivity index (χ1v) is 12.7. The van der Waals surface area contributed by atoms with E-state index >= 15 is 0 Å². The smallest absolute Gasteiger partial charge is 0.274 e. The zero-order valence-corrected chi connectivity index (χ0v) is 20.4. The number of fused-ring (bicyclic) bond motifs is 2. The molecule has 1 aliphatic heterocycles. The summed E-state index contributed by atoms with van der Waals surface area (Å²) < 4.78 is 2.97. The Balaban J connectivity index is 1.59. The minimum absolute atomic E-state index is 0.114. The molecule has 0 fully saturated rings. The van der Waals surface area contributed by atoms with E-state index in [9.17, 15) is 4.79 Å². The van der Waals surface area contributed by atoms with Crippen LogP contribution in [-0.4, -0.2) is 38.7 Å². The van der Waals surface area contributed by atoms with Gasteiger partial charge in [-0.1, -0.05) is 19.1 Å². The standard InChI is InChI=1S/C24H27N5OS2/c1-5-28-11-10-16-20(13-28)32-24(21(16)23-25-17-8-6-7-9-19(17)31-23)26-22(30)18-12-15(4)27-29(18)14(2)3/h6-9,12,14H,5,10-11,13H2,1-4H3,(H,26,30). The number of para-hydroxylation sites is 1. The number of likely N-dealkylation sites (N-methyl/N-ethyl adjacent to an activating group) is 1. The molecule has 32 heavy (non-hydrogen) atoms. The fourth-order valence-corrected chi connectivity index (χ4v) is 6.66. The van der Waals surface area contributed by atoms with Crippen molar-refractivity contribution >= 4 is 43.8 Å². The van der Waals surface area contributed by atoms with E-state index in [1.54, 1.807) is 27.4 Å². The minimum Gasteiger partial charge on any atom is -0.312 e. The van der Waals surface area contributed by atoms with Crippen LogP contribution in [-0.2, 0) is 13.0 Å². The van der Waals surface area contributed by atoms with Crippen molar-refractivity contribution in [2.45, 2.75) is 46.7 Å². The van der Waals surface area contributed by atoms with Gasteiger partial charge in [-0.25, -0.2) is 4.98 Å². The molecule has 1 N–H and O–H groups in total. The predicted molar refractivity (Wildman–Crippen MR) is 133 cm³/mol. The average Bonchev–Trinajstić information content (AvgIpc) is 3.46. The highest BCUT2D eigenvalue weighted by molar-refractivity contribution is 7.23. The number of hydrogen-bond donors (Lipinski definition) is 1. The zero-order valence-electron chi connectivity index (χ0n) is 18.8. The quantitative estimate of drug-likeness (QED) is 0.408. The molecule has 4 aromatic rings. The van der Waals surface area contributed by atoms with Crippen LogP contribution in [0.1, 0.15) is 53.4 Å². The van der Waals surface area contributed by atoms with Crippen LogP contribution in [0.25, 0.3) is 20.8 Å². The van der Waals surface area contributed by atoms with E-state index in [4.69, 9.17) is 4.98 Å². The molecule has 0 aliphatic carbocycles. The Morgan fingerprint density at radius 3 is 2.81 bits per heavy atom. The van der Waals surface area contributed by atoms with Gasteiger partial charge < -0.3 is 5.32 Å². The molecular weight excluding hydrogens is 438 g/mol. The van der Waals surface area contributed by atoms with E-state index in [1.807, 2.05) is 39.0 Å². The number of thiazole rings is 1. The Morgan fingerprint density at radius 1 is 1.25 bits per heavy atom. The fourth-order valence-electron chi connectivity index (χ4n) is 4.27. The van der Waals surface area contributed by atoms with Crippen LogP contribution in [0.3, 0.4) is 0 Å². The summed E-state index contributed by atoms with van der Waals surface area (Å²) in [4.78, 5) is 22.1. The molecule has 4 heterocycles. The van der Waals surface area contributed by atoms with E-state index < -0.39 is 0 Å². The summed E-state index contributed by atoms with van der Waals surface area (Å²) in [5.74, 6) is -0.118. The largest absolute Gasteiger partial charge is 0.312 e. The second-order valence-electron chi connectivity index (χ2n) is 8.48. The lowest BCUT2D eigenvalue weighted by molar-refractivity contribution is 0.101. The highest BCUT2D eigenvalue weighted by atomic mass is 32.1. The Labute approximate surface area is 195 Å². The van der Waals surface area contributed by atoms with Gasteiger partial charge in [-0.2, -0.15) is 5.10 Å². The lowest BCUT2D eigenvalue weighted by Gasteiger charge is -2.25. The predicted octanol–water partition coefficient (Wildman–Crippen LogP) is 5.74. The molecule has 0 saturated carbocycles. The Bertz CT molecular complexity index is 1270. The molecular formula is C24H27N5OS2. The van der Waals surface area contributed by atoms with Gasteiger partial charge >= 0.3 is 0 Å². The SMILES string of the molecule is CCN1CCc2c(sc(NC(=O)c3cc(C)nn3C(C)C)c2-c2nc3ccccc3s2)C1. The normalized spacial score (nSPS) is 14.3. The molecule has 8 heteroatoms. The number of carbonyl (C=O) groups excluding carboxylic acids is 1. The maximum absolute atomic E-state index is 13.3. The van der Waals surface area contributed by atoms with Crippen molar-refractivity contribution in [2.75, 3.05) is 18.4 Å². The zero-order chi connectivity index (χ0) is 22.4. The first kappa shape index (κ1) is 21.3. The van der Waals surface area contributed by atoms with Gasteiger partial charge in [0, 0.05) is 29.6 Å². The molecule has 0 spiro atoms. The second-order valence-corrected chi connectivity index (χ2v) is 10.6. The van der Waals surface area contributed by atoms with Gasteiger partial charge in [0.25, 0.3) is 5.91 Å². The lowest BCUT2D eigenvalue weighted by Crippen LogP contribution is -2.29. The molecule has 1 amide bonds. The topological polar surface area (TPSA) is 63.1 Å². The number of hydrogen-bond acceptors (Lipinski definition) is 6. The first-order chi connectivity index (χ1) is 15.4. The summed E-state index contributed by atoms with van der Waals surface area (Å²) in [6.07, 6.45) is 0.976. The Hall–Kier alpha value is -2.55. The number of rotatable bonds is 5. The van der Waals surface area contributed by atoms with Crippen LogP contribution in [0.2, 0.25) is 0 Å². The molecule has 0 saturated heterocycles. The van der Waals surface area contributed by atoms with Crippen molar-refractivity contribution in [1.82, 2.24) is 19.7 Å². The van der Waals surface area contributed by atoms with Crippen LogP contribution >= 0.6 is 22.7 Å². The molecule has 0 unspecified atom stereocenters. The van der Waals surface area contributed by atoms with Gasteiger partial charge in [-0.15, -0.1) is 22.7 Å². The van der Waals surface area contributed by atoms with Gasteiger partial charge in [0.2, 0.25) is 0 Å². The highest BCUT2D eigenvalue weighted by Crippen LogP contribution is 2.45. The van der Waals surface area contributed by atoms with Crippen LogP contribution in [0, 0.1) is 6.92 Å². The average molecular weight is 466 g/mol. The Morgan fingerprint density at radius 2 is 2.06 bits per heavy atom. The lowest BCUT2D eigenvalue weighted by atomic mass is 10.0. The molecule has 1 aromatic carbocycles. The summed E-state index contributed by atoms with van der Waals surface area (Å²) in [5, 5.41) is 9.62. The van der Waals surface area contributed by atoms with Crippen molar-refractivity contribution < 1.29 is 4.79 Å². The summed E-state index contributed by atoms with van der Waals surface area (Å²) >= 11 is 3.39. The van der Waals surface area contributed by atoms with Crippen molar-refractivity contribution in [3.05, 3.63) is 52.2 Å². The summed E-state index contributed by atoms with van der Waals surface area (Å²) in [6, 6.07) is 10.2. The van der Waals surface area contributed by atoms with Gasteiger partial charge in [-0.3, -0.25) is 14.4 Å². The van der Waals surface area contributed by atoms with Crippen LogP contribution < -0.4 is 5.32 Å². The van der Waals surface area contributed by atoms with Crippen molar-refractivity contribution in [3.8, 4) is 10.6 Å². The molecule has 5 rings (SSSR count). The third kappa shape index (κ3) is 3.76. The van der Waals surface area contributed by atoms with Crippen LogP contribution in [0.5, 0.6) is 0 Å². The van der Waals surface area contributed by atoms with E-state index in [0.717, 1.165) is 52.8 Å². The molecule has 0 atom stereocenters. The first-order valence-electron chi connectivity index (χ1n) is 11.0. The van der Waals surface area contributed by atoms with Crippen molar-refractivity contribution in [1.29, 1.82) is 0 Å². The van der Waals surface area contributed by atoms with Gasteiger partial charge in [0.1, 0.15) is 15.7 Å². The number of benzene rings is 1. The number of nitrogens with zero attached hydrogens (tertiary/aromatic N) is 4. The number of thiophene rings is 1. The van der Waals surface area contributed by atoms with Crippen LogP contribution in [0.4, 0.5) is 5.00 Å². The number of nitrogens with one attached hydrogen (secondary N) is 1. The van der Waals surface area contributed by atoms with Gasteiger partial charge in [0.15, 0.2) is 0 Å². The second kappa shape index (κ2) is 8.42.